The Labute approximate surface area is 141 Å². The number of hydrogen-bond donors (Lipinski definition) is 1. The number of benzene rings is 1. The van der Waals surface area contributed by atoms with Crippen molar-refractivity contribution in [2.45, 2.75) is 11.5 Å². The molecule has 1 aromatic carbocycles. The van der Waals surface area contributed by atoms with Crippen molar-refractivity contribution in [2.24, 2.45) is 0 Å². The molecule has 5 nitrogen and oxygen atoms in total. The fraction of sp³-hybridized carbons (Fsp3) is 0.214. The summed E-state index contributed by atoms with van der Waals surface area (Å²) in [5.41, 5.74) is -5.66. The van der Waals surface area contributed by atoms with Crippen LogP contribution in [0.2, 0.25) is 0 Å². The minimum Gasteiger partial charge on any atom is -0.373 e. The molecule has 0 saturated carbocycles. The maximum Gasteiger partial charge on any atom is 0.328 e. The van der Waals surface area contributed by atoms with Crippen LogP contribution in [-0.4, -0.2) is 21.6 Å². The van der Waals surface area contributed by atoms with E-state index in [0.29, 0.717) is 16.6 Å². The molecule has 0 aliphatic carbocycles. The summed E-state index contributed by atoms with van der Waals surface area (Å²) in [4.78, 5) is 13.0. The number of nitro groups is 1. The Morgan fingerprint density at radius 3 is 2.42 bits per heavy atom. The van der Waals surface area contributed by atoms with Crippen molar-refractivity contribution in [3.63, 3.8) is 0 Å². The summed E-state index contributed by atoms with van der Waals surface area (Å²) in [5, 5.41) is 21.2. The van der Waals surface area contributed by atoms with Crippen LogP contribution in [0, 0.1) is 21.7 Å². The third-order valence-electron chi connectivity index (χ3n) is 3.30. The molecule has 0 aliphatic rings. The van der Waals surface area contributed by atoms with Gasteiger partial charge in [0.2, 0.25) is 12.1 Å². The van der Waals surface area contributed by atoms with Gasteiger partial charge in [0.25, 0.3) is 0 Å². The molecular formula is C14H9BrF4N2O3. The first-order valence-electron chi connectivity index (χ1n) is 6.37. The van der Waals surface area contributed by atoms with Crippen molar-refractivity contribution in [2.75, 3.05) is 6.54 Å². The molecule has 1 heterocycles. The highest BCUT2D eigenvalue weighted by atomic mass is 79.9. The van der Waals surface area contributed by atoms with Crippen molar-refractivity contribution in [1.82, 2.24) is 4.98 Å². The molecule has 10 heteroatoms. The molecule has 1 aromatic heterocycles. The van der Waals surface area contributed by atoms with Gasteiger partial charge in [-0.05, 0) is 40.2 Å². The number of rotatable bonds is 5. The zero-order valence-corrected chi connectivity index (χ0v) is 13.3. The van der Waals surface area contributed by atoms with Crippen molar-refractivity contribution in [3.05, 3.63) is 74.0 Å². The molecule has 24 heavy (non-hydrogen) atoms. The zero-order chi connectivity index (χ0) is 18.1. The van der Waals surface area contributed by atoms with Crippen LogP contribution in [0.25, 0.3) is 0 Å². The van der Waals surface area contributed by atoms with E-state index < -0.39 is 45.9 Å². The zero-order valence-electron chi connectivity index (χ0n) is 11.7. The Morgan fingerprint density at radius 2 is 1.92 bits per heavy atom. The predicted molar refractivity (Wildman–Crippen MR) is 77.9 cm³/mol. The van der Waals surface area contributed by atoms with E-state index in [2.05, 4.69) is 20.9 Å². The van der Waals surface area contributed by atoms with Crippen LogP contribution in [0.1, 0.15) is 11.3 Å². The van der Waals surface area contributed by atoms with Crippen LogP contribution in [0.4, 0.5) is 17.6 Å². The predicted octanol–water partition coefficient (Wildman–Crippen LogP) is 3.38. The second-order valence-electron chi connectivity index (χ2n) is 4.91. The second-order valence-corrected chi connectivity index (χ2v) is 5.83. The topological polar surface area (TPSA) is 76.3 Å². The monoisotopic (exact) mass is 408 g/mol. The maximum absolute atomic E-state index is 14.8. The number of aliphatic hydroxyl groups is 1. The Morgan fingerprint density at radius 1 is 1.25 bits per heavy atom. The molecule has 128 valence electrons. The van der Waals surface area contributed by atoms with Crippen molar-refractivity contribution in [3.8, 4) is 0 Å². The minimum absolute atomic E-state index is 0.255. The summed E-state index contributed by atoms with van der Waals surface area (Å²) in [6, 6.07) is 3.43. The highest BCUT2D eigenvalue weighted by Gasteiger charge is 2.60. The van der Waals surface area contributed by atoms with Crippen LogP contribution in [-0.2, 0) is 11.5 Å². The van der Waals surface area contributed by atoms with E-state index in [1.807, 2.05) is 0 Å². The number of halogens is 5. The van der Waals surface area contributed by atoms with E-state index in [0.717, 1.165) is 12.3 Å². The highest BCUT2D eigenvalue weighted by molar-refractivity contribution is 9.10. The quantitative estimate of drug-likeness (QED) is 0.467. The fourth-order valence-corrected chi connectivity index (χ4v) is 2.37. The van der Waals surface area contributed by atoms with E-state index in [4.69, 9.17) is 0 Å². The summed E-state index contributed by atoms with van der Waals surface area (Å²) < 4.78 is 56.8. The normalized spacial score (nSPS) is 14.2. The lowest BCUT2D eigenvalue weighted by molar-refractivity contribution is -0.514. The van der Waals surface area contributed by atoms with Gasteiger partial charge in [-0.3, -0.25) is 15.1 Å². The first-order valence-corrected chi connectivity index (χ1v) is 7.17. The third-order valence-corrected chi connectivity index (χ3v) is 3.77. The van der Waals surface area contributed by atoms with Crippen LogP contribution >= 0.6 is 15.9 Å². The van der Waals surface area contributed by atoms with Crippen LogP contribution in [0.15, 0.2) is 41.0 Å². The van der Waals surface area contributed by atoms with Gasteiger partial charge in [-0.15, -0.1) is 0 Å². The fourth-order valence-electron chi connectivity index (χ4n) is 2.14. The SMILES string of the molecule is O=[N+]([O-])CC(O)(c1ccc(F)cc1F)C(F)(F)c1ccc(Br)cn1. The number of nitrogens with zero attached hydrogens (tertiary/aromatic N) is 2. The van der Waals surface area contributed by atoms with Gasteiger partial charge in [0.15, 0.2) is 0 Å². The van der Waals surface area contributed by atoms with Gasteiger partial charge in [0, 0.05) is 27.2 Å². The van der Waals surface area contributed by atoms with Crippen LogP contribution < -0.4 is 0 Å². The Kier molecular flexibility index (Phi) is 4.90. The van der Waals surface area contributed by atoms with Gasteiger partial charge >= 0.3 is 5.92 Å². The lowest BCUT2D eigenvalue weighted by atomic mass is 9.84. The molecule has 0 saturated heterocycles. The first-order chi connectivity index (χ1) is 11.1. The highest BCUT2D eigenvalue weighted by Crippen LogP contribution is 2.45. The molecule has 1 atom stereocenters. The van der Waals surface area contributed by atoms with Gasteiger partial charge in [-0.25, -0.2) is 8.78 Å². The van der Waals surface area contributed by atoms with Crippen molar-refractivity contribution >= 4 is 15.9 Å². The molecule has 2 aromatic rings. The summed E-state index contributed by atoms with van der Waals surface area (Å²) >= 11 is 2.99. The molecule has 0 fully saturated rings. The number of aromatic nitrogens is 1. The number of pyridine rings is 1. The van der Waals surface area contributed by atoms with Gasteiger partial charge in [0.05, 0.1) is 0 Å². The molecule has 1 unspecified atom stereocenters. The number of hydrogen-bond acceptors (Lipinski definition) is 4. The van der Waals surface area contributed by atoms with Gasteiger partial charge in [0.1, 0.15) is 17.3 Å². The van der Waals surface area contributed by atoms with E-state index in [9.17, 15) is 32.8 Å². The molecule has 2 rings (SSSR count). The van der Waals surface area contributed by atoms with Crippen molar-refractivity contribution in [1.29, 1.82) is 0 Å². The number of alkyl halides is 2. The van der Waals surface area contributed by atoms with Gasteiger partial charge in [-0.1, -0.05) is 0 Å². The summed E-state index contributed by atoms with van der Waals surface area (Å²) in [7, 11) is 0. The molecule has 1 N–H and O–H groups in total. The van der Waals surface area contributed by atoms with Gasteiger partial charge in [-0.2, -0.15) is 8.78 Å². The average Bonchev–Trinajstić information content (AvgIpc) is 2.46. The summed E-state index contributed by atoms with van der Waals surface area (Å²) in [5.74, 6) is -6.93. The third kappa shape index (κ3) is 3.24. The lowest BCUT2D eigenvalue weighted by Crippen LogP contribution is -2.49. The molecule has 0 aliphatic heterocycles. The Balaban J connectivity index is 2.66. The Hall–Kier alpha value is -2.07. The molecule has 0 bridgehead atoms. The summed E-state index contributed by atoms with van der Waals surface area (Å²) in [6.07, 6.45) is 0.997. The van der Waals surface area contributed by atoms with Crippen LogP contribution in [0.5, 0.6) is 0 Å². The molecule has 0 spiro atoms. The van der Waals surface area contributed by atoms with Crippen molar-refractivity contribution < 1.29 is 27.6 Å². The molecule has 0 radical (unpaired) electrons. The van der Waals surface area contributed by atoms with E-state index >= 15 is 0 Å². The van der Waals surface area contributed by atoms with Crippen LogP contribution in [0.3, 0.4) is 0 Å². The Bertz CT molecular complexity index is 773. The van der Waals surface area contributed by atoms with E-state index in [1.54, 1.807) is 0 Å². The standard InChI is InChI=1S/C14H9BrF4N2O3/c15-8-1-4-12(20-6-8)14(18,19)13(22,7-21(23)24)10-3-2-9(16)5-11(10)17/h1-6,22H,7H2. The minimum atomic E-state index is -4.32. The average molecular weight is 409 g/mol. The summed E-state index contributed by atoms with van der Waals surface area (Å²) in [6.45, 7) is -1.71. The molecular weight excluding hydrogens is 400 g/mol. The first kappa shape index (κ1) is 18.3. The maximum atomic E-state index is 14.8. The lowest BCUT2D eigenvalue weighted by Gasteiger charge is -2.32. The van der Waals surface area contributed by atoms with E-state index in [-0.39, 0.29) is 6.07 Å². The largest absolute Gasteiger partial charge is 0.373 e. The van der Waals surface area contributed by atoms with E-state index in [1.165, 1.54) is 6.07 Å². The van der Waals surface area contributed by atoms with Gasteiger partial charge < -0.3 is 5.11 Å². The smallest absolute Gasteiger partial charge is 0.328 e. The second kappa shape index (κ2) is 6.44. The molecule has 0 amide bonds.